The third-order valence-corrected chi connectivity index (χ3v) is 2.00. The molecule has 0 unspecified atom stereocenters. The summed E-state index contributed by atoms with van der Waals surface area (Å²) in [6.45, 7) is 6.19. The molecule has 0 saturated heterocycles. The van der Waals surface area contributed by atoms with Crippen LogP contribution in [0.25, 0.3) is 0 Å². The van der Waals surface area contributed by atoms with Crippen molar-refractivity contribution in [3.05, 3.63) is 0 Å². The normalized spacial score (nSPS) is 10.6. The van der Waals surface area contributed by atoms with Gasteiger partial charge in [0.1, 0.15) is 0 Å². The molecule has 0 aromatic carbocycles. The van der Waals surface area contributed by atoms with Gasteiger partial charge in [0.15, 0.2) is 0 Å². The second-order valence-corrected chi connectivity index (χ2v) is 3.67. The summed E-state index contributed by atoms with van der Waals surface area (Å²) >= 11 is 0. The van der Waals surface area contributed by atoms with Crippen LogP contribution in [0.4, 0.5) is 0 Å². The Bertz CT molecular complexity index is 189. The Morgan fingerprint density at radius 2 is 1.44 bits per heavy atom. The van der Waals surface area contributed by atoms with Gasteiger partial charge >= 0.3 is 0 Å². The lowest BCUT2D eigenvalue weighted by Gasteiger charge is -2.07. The zero-order chi connectivity index (χ0) is 13.5. The zero-order valence-corrected chi connectivity index (χ0v) is 11.4. The van der Waals surface area contributed by atoms with E-state index in [0.29, 0.717) is 46.2 Å². The molecule has 0 aliphatic carbocycles. The van der Waals surface area contributed by atoms with Gasteiger partial charge in [-0.05, 0) is 6.42 Å². The van der Waals surface area contributed by atoms with Gasteiger partial charge in [-0.25, -0.2) is 0 Å². The highest BCUT2D eigenvalue weighted by Crippen LogP contribution is 1.85. The molecular formula is C12H25NO5. The number of amides is 1. The molecule has 0 heterocycles. The number of rotatable bonds is 13. The van der Waals surface area contributed by atoms with Crippen molar-refractivity contribution in [3.8, 4) is 0 Å². The molecular weight excluding hydrogens is 238 g/mol. The first-order valence-electron chi connectivity index (χ1n) is 6.24. The Balaban J connectivity index is 2.92. The summed E-state index contributed by atoms with van der Waals surface area (Å²) in [6, 6.07) is 0. The van der Waals surface area contributed by atoms with Crippen LogP contribution in [0.1, 0.15) is 13.3 Å². The zero-order valence-electron chi connectivity index (χ0n) is 11.4. The molecule has 0 spiro atoms. The van der Waals surface area contributed by atoms with E-state index in [1.807, 2.05) is 0 Å². The van der Waals surface area contributed by atoms with Crippen molar-refractivity contribution in [2.45, 2.75) is 13.3 Å². The molecule has 0 saturated carbocycles. The maximum absolute atomic E-state index is 10.5. The summed E-state index contributed by atoms with van der Waals surface area (Å²) in [5.41, 5.74) is 0. The molecule has 18 heavy (non-hydrogen) atoms. The first kappa shape index (κ1) is 17.3. The van der Waals surface area contributed by atoms with Gasteiger partial charge in [-0.2, -0.15) is 0 Å². The molecule has 6 heteroatoms. The lowest BCUT2D eigenvalue weighted by atomic mass is 10.5. The minimum Gasteiger partial charge on any atom is -0.385 e. The monoisotopic (exact) mass is 263 g/mol. The smallest absolute Gasteiger partial charge is 0.216 e. The predicted octanol–water partition coefficient (Wildman–Crippen LogP) is 0.209. The average molecular weight is 263 g/mol. The molecule has 0 aromatic rings. The maximum Gasteiger partial charge on any atom is 0.216 e. The summed E-state index contributed by atoms with van der Waals surface area (Å²) in [5.74, 6) is -0.0412. The van der Waals surface area contributed by atoms with Gasteiger partial charge < -0.3 is 24.3 Å². The first-order chi connectivity index (χ1) is 8.77. The van der Waals surface area contributed by atoms with Crippen molar-refractivity contribution in [3.63, 3.8) is 0 Å². The summed E-state index contributed by atoms with van der Waals surface area (Å²) < 4.78 is 20.8. The first-order valence-corrected chi connectivity index (χ1v) is 6.24. The van der Waals surface area contributed by atoms with E-state index in [2.05, 4.69) is 5.32 Å². The number of ether oxygens (including phenoxy) is 4. The minimum atomic E-state index is -0.0412. The molecule has 0 fully saturated rings. The lowest BCUT2D eigenvalue weighted by Crippen LogP contribution is -2.25. The molecule has 0 aliphatic rings. The average Bonchev–Trinajstić information content (AvgIpc) is 2.34. The maximum atomic E-state index is 10.5. The Morgan fingerprint density at radius 3 is 2.00 bits per heavy atom. The van der Waals surface area contributed by atoms with E-state index in [0.717, 1.165) is 13.0 Å². The van der Waals surface area contributed by atoms with E-state index in [9.17, 15) is 4.79 Å². The molecule has 108 valence electrons. The van der Waals surface area contributed by atoms with Gasteiger partial charge in [-0.3, -0.25) is 4.79 Å². The van der Waals surface area contributed by atoms with E-state index < -0.39 is 0 Å². The van der Waals surface area contributed by atoms with E-state index in [1.54, 1.807) is 7.11 Å². The van der Waals surface area contributed by atoms with E-state index in [-0.39, 0.29) is 5.91 Å². The Kier molecular flexibility index (Phi) is 13.8. The number of hydrogen-bond donors (Lipinski definition) is 1. The third kappa shape index (κ3) is 15.3. The van der Waals surface area contributed by atoms with Crippen LogP contribution in [0.15, 0.2) is 0 Å². The minimum absolute atomic E-state index is 0.0412. The van der Waals surface area contributed by atoms with Crippen LogP contribution in [0, 0.1) is 0 Å². The van der Waals surface area contributed by atoms with Crippen molar-refractivity contribution < 1.29 is 23.7 Å². The van der Waals surface area contributed by atoms with Crippen LogP contribution in [-0.4, -0.2) is 65.8 Å². The topological polar surface area (TPSA) is 66.0 Å². The molecule has 1 N–H and O–H groups in total. The quantitative estimate of drug-likeness (QED) is 0.481. The number of carbonyl (C=O) groups is 1. The SMILES string of the molecule is COCCCOCCOCCOCCNC(C)=O. The number of carbonyl (C=O) groups excluding carboxylic acids is 1. The van der Waals surface area contributed by atoms with Crippen molar-refractivity contribution in [1.29, 1.82) is 0 Å². The molecule has 0 rings (SSSR count). The van der Waals surface area contributed by atoms with Gasteiger partial charge in [0, 0.05) is 33.8 Å². The Morgan fingerprint density at radius 1 is 0.889 bits per heavy atom. The fraction of sp³-hybridized carbons (Fsp3) is 0.917. The van der Waals surface area contributed by atoms with Crippen LogP contribution >= 0.6 is 0 Å². The molecule has 0 aliphatic heterocycles. The van der Waals surface area contributed by atoms with Crippen molar-refractivity contribution in [2.24, 2.45) is 0 Å². The van der Waals surface area contributed by atoms with Gasteiger partial charge in [0.2, 0.25) is 5.91 Å². The second-order valence-electron chi connectivity index (χ2n) is 3.67. The van der Waals surface area contributed by atoms with E-state index >= 15 is 0 Å². The van der Waals surface area contributed by atoms with Gasteiger partial charge in [0.05, 0.1) is 33.0 Å². The second kappa shape index (κ2) is 14.4. The highest BCUT2D eigenvalue weighted by molar-refractivity contribution is 5.72. The van der Waals surface area contributed by atoms with Crippen molar-refractivity contribution in [1.82, 2.24) is 5.32 Å². The summed E-state index contributed by atoms with van der Waals surface area (Å²) in [4.78, 5) is 10.5. The third-order valence-electron chi connectivity index (χ3n) is 2.00. The fourth-order valence-electron chi connectivity index (χ4n) is 1.15. The molecule has 0 bridgehead atoms. The van der Waals surface area contributed by atoms with Gasteiger partial charge in [0.25, 0.3) is 0 Å². The Labute approximate surface area is 109 Å². The molecule has 6 nitrogen and oxygen atoms in total. The lowest BCUT2D eigenvalue weighted by molar-refractivity contribution is -0.119. The highest BCUT2D eigenvalue weighted by Gasteiger charge is 1.93. The Hall–Kier alpha value is -0.690. The van der Waals surface area contributed by atoms with Crippen molar-refractivity contribution in [2.75, 3.05) is 59.9 Å². The summed E-state index contributed by atoms with van der Waals surface area (Å²) in [5, 5.41) is 2.65. The van der Waals surface area contributed by atoms with Crippen LogP contribution in [0.3, 0.4) is 0 Å². The standard InChI is InChI=1S/C12H25NO5/c1-12(14)13-4-7-17-9-11-18-10-8-16-6-3-5-15-2/h3-11H2,1-2H3,(H,13,14). The van der Waals surface area contributed by atoms with Crippen LogP contribution in [-0.2, 0) is 23.7 Å². The molecule has 0 radical (unpaired) electrons. The number of hydrogen-bond acceptors (Lipinski definition) is 5. The molecule has 0 atom stereocenters. The predicted molar refractivity (Wildman–Crippen MR) is 67.6 cm³/mol. The van der Waals surface area contributed by atoms with Crippen molar-refractivity contribution >= 4 is 5.91 Å². The van der Waals surface area contributed by atoms with Crippen LogP contribution < -0.4 is 5.32 Å². The van der Waals surface area contributed by atoms with E-state index in [1.165, 1.54) is 6.92 Å². The van der Waals surface area contributed by atoms with Crippen LogP contribution in [0.2, 0.25) is 0 Å². The highest BCUT2D eigenvalue weighted by atomic mass is 16.5. The van der Waals surface area contributed by atoms with Crippen LogP contribution in [0.5, 0.6) is 0 Å². The largest absolute Gasteiger partial charge is 0.385 e. The van der Waals surface area contributed by atoms with Gasteiger partial charge in [-0.15, -0.1) is 0 Å². The van der Waals surface area contributed by atoms with E-state index in [4.69, 9.17) is 18.9 Å². The molecule has 0 aromatic heterocycles. The number of methoxy groups -OCH3 is 1. The number of nitrogens with one attached hydrogen (secondary N) is 1. The molecule has 1 amide bonds. The summed E-state index contributed by atoms with van der Waals surface area (Å²) in [6.07, 6.45) is 0.906. The fourth-order valence-corrected chi connectivity index (χ4v) is 1.15. The summed E-state index contributed by atoms with van der Waals surface area (Å²) in [7, 11) is 1.68. The van der Waals surface area contributed by atoms with Gasteiger partial charge in [-0.1, -0.05) is 0 Å².